The third-order valence-corrected chi connectivity index (χ3v) is 1.06. The van der Waals surface area contributed by atoms with Crippen molar-refractivity contribution in [3.8, 4) is 0 Å². The van der Waals surface area contributed by atoms with Crippen molar-refractivity contribution in [3.63, 3.8) is 0 Å². The number of thioether (sulfide) groups is 1. The number of carbonyl (C=O) groups is 1. The van der Waals surface area contributed by atoms with Crippen molar-refractivity contribution in [3.05, 3.63) is 11.5 Å². The molecule has 0 heterocycles. The predicted molar refractivity (Wildman–Crippen MR) is 34.9 cm³/mol. The average Bonchev–Trinajstić information content (AvgIpc) is 1.80. The molecule has 0 aromatic carbocycles. The molecule has 0 saturated carbocycles. The summed E-state index contributed by atoms with van der Waals surface area (Å²) in [7, 11) is 0. The third kappa shape index (κ3) is 7.23. The molecule has 3 nitrogen and oxygen atoms in total. The summed E-state index contributed by atoms with van der Waals surface area (Å²) in [4.78, 5) is 19.3. The van der Waals surface area contributed by atoms with Crippen LogP contribution in [-0.4, -0.2) is 23.1 Å². The summed E-state index contributed by atoms with van der Waals surface area (Å²) in [6, 6.07) is 0. The lowest BCUT2D eigenvalue weighted by Gasteiger charge is -1.78. The van der Waals surface area contributed by atoms with Crippen LogP contribution < -0.4 is 0 Å². The van der Waals surface area contributed by atoms with Gasteiger partial charge in [-0.3, -0.25) is 4.79 Å². The highest BCUT2D eigenvalue weighted by Gasteiger charge is 1.83. The van der Waals surface area contributed by atoms with E-state index in [1.165, 1.54) is 5.41 Å². The Kier molecular flexibility index (Phi) is 4.91. The Hall–Kier alpha value is -0.770. The van der Waals surface area contributed by atoms with E-state index < -0.39 is 5.97 Å². The molecule has 0 spiro atoms. The molecule has 0 aliphatic carbocycles. The van der Waals surface area contributed by atoms with E-state index in [0.29, 0.717) is 0 Å². The molecular weight excluding hydrogens is 140 g/mol. The Labute approximate surface area is 56.7 Å². The highest BCUT2D eigenvalue weighted by molar-refractivity contribution is 8.02. The van der Waals surface area contributed by atoms with Crippen LogP contribution in [0.25, 0.3) is 0 Å². The summed E-state index contributed by atoms with van der Waals surface area (Å²) >= 11 is 1.10. The summed E-state index contributed by atoms with van der Waals surface area (Å²) in [5.41, 5.74) is 0. The SMILES string of the molecule is O=[C]CSC=CC(=O)O. The fraction of sp³-hybridized carbons (Fsp3) is 0.200. The zero-order valence-electron chi connectivity index (χ0n) is 4.53. The van der Waals surface area contributed by atoms with Crippen molar-refractivity contribution < 1.29 is 14.7 Å². The van der Waals surface area contributed by atoms with Crippen molar-refractivity contribution in [2.75, 3.05) is 5.75 Å². The second kappa shape index (κ2) is 5.37. The molecule has 0 bridgehead atoms. The number of hydrogen-bond acceptors (Lipinski definition) is 3. The van der Waals surface area contributed by atoms with Gasteiger partial charge in [0.15, 0.2) is 0 Å². The molecule has 0 unspecified atom stereocenters. The summed E-state index contributed by atoms with van der Waals surface area (Å²) in [6.45, 7) is 0. The van der Waals surface area contributed by atoms with Gasteiger partial charge in [-0.2, -0.15) is 0 Å². The number of aliphatic carboxylic acids is 1. The highest BCUT2D eigenvalue weighted by Crippen LogP contribution is 1.97. The molecule has 0 aromatic rings. The molecule has 9 heavy (non-hydrogen) atoms. The van der Waals surface area contributed by atoms with Crippen LogP contribution in [-0.2, 0) is 9.59 Å². The van der Waals surface area contributed by atoms with Crippen LogP contribution in [0.3, 0.4) is 0 Å². The van der Waals surface area contributed by atoms with E-state index in [2.05, 4.69) is 0 Å². The lowest BCUT2D eigenvalue weighted by Crippen LogP contribution is -1.84. The molecule has 49 valence electrons. The first kappa shape index (κ1) is 8.23. The first-order valence-corrected chi connectivity index (χ1v) is 3.18. The molecule has 0 rings (SSSR count). The molecule has 0 saturated heterocycles. The van der Waals surface area contributed by atoms with Crippen LogP contribution in [0.5, 0.6) is 0 Å². The van der Waals surface area contributed by atoms with Gasteiger partial charge in [0.2, 0.25) is 6.29 Å². The second-order valence-corrected chi connectivity index (χ2v) is 1.99. The van der Waals surface area contributed by atoms with Crippen LogP contribution >= 0.6 is 11.8 Å². The van der Waals surface area contributed by atoms with E-state index in [1.54, 1.807) is 6.29 Å². The third-order valence-electron chi connectivity index (χ3n) is 0.449. The van der Waals surface area contributed by atoms with E-state index in [4.69, 9.17) is 5.11 Å². The number of rotatable bonds is 4. The topological polar surface area (TPSA) is 54.4 Å². The summed E-state index contributed by atoms with van der Waals surface area (Å²) in [6.07, 6.45) is 2.58. The minimum absolute atomic E-state index is 0.184. The number of hydrogen-bond donors (Lipinski definition) is 1. The van der Waals surface area contributed by atoms with Gasteiger partial charge in [0.25, 0.3) is 0 Å². The van der Waals surface area contributed by atoms with Crippen LogP contribution in [0, 0.1) is 0 Å². The molecule has 1 N–H and O–H groups in total. The number of carboxylic acids is 1. The van der Waals surface area contributed by atoms with Crippen molar-refractivity contribution >= 4 is 24.0 Å². The second-order valence-electron chi connectivity index (χ2n) is 1.10. The van der Waals surface area contributed by atoms with Gasteiger partial charge in [-0.25, -0.2) is 4.79 Å². The van der Waals surface area contributed by atoms with Crippen molar-refractivity contribution in [2.24, 2.45) is 0 Å². The molecule has 0 fully saturated rings. The Morgan fingerprint density at radius 3 is 2.89 bits per heavy atom. The van der Waals surface area contributed by atoms with Crippen molar-refractivity contribution in [1.82, 2.24) is 0 Å². The average molecular weight is 145 g/mol. The zero-order valence-corrected chi connectivity index (χ0v) is 5.35. The molecule has 0 aliphatic rings. The van der Waals surface area contributed by atoms with Crippen molar-refractivity contribution in [2.45, 2.75) is 0 Å². The van der Waals surface area contributed by atoms with Gasteiger partial charge in [0.1, 0.15) is 0 Å². The van der Waals surface area contributed by atoms with E-state index >= 15 is 0 Å². The lowest BCUT2D eigenvalue weighted by molar-refractivity contribution is -0.131. The number of carboxylic acid groups (broad SMARTS) is 1. The summed E-state index contributed by atoms with van der Waals surface area (Å²) < 4.78 is 0. The molecule has 0 aliphatic heterocycles. The Balaban J connectivity index is 3.24. The maximum absolute atomic E-state index is 9.76. The lowest BCUT2D eigenvalue weighted by atomic mass is 10.7. The smallest absolute Gasteiger partial charge is 0.328 e. The first-order valence-electron chi connectivity index (χ1n) is 2.13. The van der Waals surface area contributed by atoms with Crippen molar-refractivity contribution in [1.29, 1.82) is 0 Å². The van der Waals surface area contributed by atoms with Crippen LogP contribution in [0.2, 0.25) is 0 Å². The highest BCUT2D eigenvalue weighted by atomic mass is 32.2. The maximum Gasteiger partial charge on any atom is 0.328 e. The number of carbonyl (C=O) groups excluding carboxylic acids is 1. The standard InChI is InChI=1S/C5H5O3S/c6-2-4-9-3-1-5(7)8/h1,3H,4H2,(H,7,8). The molecular formula is C5H5O3S. The van der Waals surface area contributed by atoms with Gasteiger partial charge in [-0.15, -0.1) is 11.8 Å². The van der Waals surface area contributed by atoms with Gasteiger partial charge in [-0.05, 0) is 5.41 Å². The minimum Gasteiger partial charge on any atom is -0.478 e. The Bertz CT molecular complexity index is 130. The normalized spacial score (nSPS) is 9.78. The van der Waals surface area contributed by atoms with E-state index in [1.807, 2.05) is 0 Å². The van der Waals surface area contributed by atoms with Crippen LogP contribution in [0.15, 0.2) is 11.5 Å². The van der Waals surface area contributed by atoms with Gasteiger partial charge in [0, 0.05) is 6.08 Å². The van der Waals surface area contributed by atoms with Crippen LogP contribution in [0.1, 0.15) is 0 Å². The van der Waals surface area contributed by atoms with Gasteiger partial charge in [-0.1, -0.05) is 0 Å². The zero-order chi connectivity index (χ0) is 7.11. The molecule has 4 heteroatoms. The molecule has 0 amide bonds. The van der Waals surface area contributed by atoms with E-state index in [-0.39, 0.29) is 5.75 Å². The minimum atomic E-state index is -1.01. The van der Waals surface area contributed by atoms with Gasteiger partial charge in [0.05, 0.1) is 5.75 Å². The van der Waals surface area contributed by atoms with Gasteiger partial charge < -0.3 is 5.11 Å². The fourth-order valence-corrected chi connectivity index (χ4v) is 0.565. The quantitative estimate of drug-likeness (QED) is 0.460. The largest absolute Gasteiger partial charge is 0.478 e. The van der Waals surface area contributed by atoms with E-state index in [0.717, 1.165) is 17.8 Å². The fourth-order valence-electron chi connectivity index (χ4n) is 0.188. The predicted octanol–water partition coefficient (Wildman–Crippen LogP) is 0.428. The molecule has 0 atom stereocenters. The summed E-state index contributed by atoms with van der Waals surface area (Å²) in [5.74, 6) is -0.822. The maximum atomic E-state index is 9.76. The first-order chi connectivity index (χ1) is 4.27. The summed E-state index contributed by atoms with van der Waals surface area (Å²) in [5, 5.41) is 9.35. The monoisotopic (exact) mass is 145 g/mol. The molecule has 1 radical (unpaired) electrons. The van der Waals surface area contributed by atoms with Crippen LogP contribution in [0.4, 0.5) is 0 Å². The Morgan fingerprint density at radius 1 is 1.78 bits per heavy atom. The Morgan fingerprint density at radius 2 is 2.44 bits per heavy atom. The molecule has 0 aromatic heterocycles. The van der Waals surface area contributed by atoms with E-state index in [9.17, 15) is 9.59 Å². The van der Waals surface area contributed by atoms with Gasteiger partial charge >= 0.3 is 5.97 Å².